The molecule has 3 heterocycles. The van der Waals surface area contributed by atoms with Crippen LogP contribution in [0.3, 0.4) is 0 Å². The zero-order chi connectivity index (χ0) is 18.3. The predicted molar refractivity (Wildman–Crippen MR) is 109 cm³/mol. The first-order valence-corrected chi connectivity index (χ1v) is 9.71. The van der Waals surface area contributed by atoms with Gasteiger partial charge in [0.1, 0.15) is 5.65 Å². The molecule has 3 aromatic rings. The number of hydrogen-bond acceptors (Lipinski definition) is 3. The highest BCUT2D eigenvalue weighted by Gasteiger charge is 2.22. The third kappa shape index (κ3) is 3.41. The van der Waals surface area contributed by atoms with Gasteiger partial charge in [-0.3, -0.25) is 4.90 Å². The van der Waals surface area contributed by atoms with Crippen molar-refractivity contribution < 1.29 is 0 Å². The summed E-state index contributed by atoms with van der Waals surface area (Å²) in [5, 5.41) is 1.24. The predicted octanol–water partition coefficient (Wildman–Crippen LogP) is 5.12. The van der Waals surface area contributed by atoms with E-state index in [9.17, 15) is 0 Å². The molecule has 0 aliphatic carbocycles. The van der Waals surface area contributed by atoms with Crippen molar-refractivity contribution in [1.29, 1.82) is 0 Å². The molecular formula is C20H22Cl2N4. The highest BCUT2D eigenvalue weighted by Crippen LogP contribution is 2.34. The Bertz CT molecular complexity index is 950. The molecule has 1 aliphatic rings. The summed E-state index contributed by atoms with van der Waals surface area (Å²) in [6.07, 6.45) is 4.47. The summed E-state index contributed by atoms with van der Waals surface area (Å²) in [4.78, 5) is 7.35. The number of aromatic nitrogens is 2. The lowest BCUT2D eigenvalue weighted by atomic mass is 10.00. The van der Waals surface area contributed by atoms with Gasteiger partial charge in [-0.2, -0.15) is 0 Å². The minimum Gasteiger partial charge on any atom is -0.398 e. The van der Waals surface area contributed by atoms with Crippen LogP contribution in [0.1, 0.15) is 25.5 Å². The van der Waals surface area contributed by atoms with Crippen LogP contribution in [0.15, 0.2) is 36.5 Å². The van der Waals surface area contributed by atoms with Gasteiger partial charge in [0.25, 0.3) is 0 Å². The smallest absolute Gasteiger partial charge is 0.137 e. The van der Waals surface area contributed by atoms with Gasteiger partial charge in [-0.05, 0) is 55.6 Å². The number of pyridine rings is 1. The van der Waals surface area contributed by atoms with Crippen molar-refractivity contribution in [2.75, 3.05) is 18.8 Å². The van der Waals surface area contributed by atoms with E-state index in [0.717, 1.165) is 53.8 Å². The molecule has 6 heteroatoms. The van der Waals surface area contributed by atoms with Crippen LogP contribution >= 0.6 is 23.2 Å². The molecule has 1 saturated heterocycles. The van der Waals surface area contributed by atoms with Crippen molar-refractivity contribution in [3.8, 4) is 11.3 Å². The monoisotopic (exact) mass is 388 g/mol. The number of piperidine rings is 1. The van der Waals surface area contributed by atoms with Crippen molar-refractivity contribution in [2.45, 2.75) is 26.3 Å². The van der Waals surface area contributed by atoms with E-state index >= 15 is 0 Å². The molecule has 136 valence electrons. The van der Waals surface area contributed by atoms with Gasteiger partial charge in [-0.25, -0.2) is 4.98 Å². The lowest BCUT2D eigenvalue weighted by molar-refractivity contribution is 0.174. The van der Waals surface area contributed by atoms with Gasteiger partial charge in [-0.1, -0.05) is 30.1 Å². The van der Waals surface area contributed by atoms with E-state index in [1.165, 1.54) is 12.8 Å². The van der Waals surface area contributed by atoms with Gasteiger partial charge in [0.05, 0.1) is 16.4 Å². The van der Waals surface area contributed by atoms with Crippen LogP contribution in [0.4, 0.5) is 5.69 Å². The van der Waals surface area contributed by atoms with E-state index < -0.39 is 0 Å². The first kappa shape index (κ1) is 17.7. The van der Waals surface area contributed by atoms with Crippen molar-refractivity contribution in [1.82, 2.24) is 14.3 Å². The normalized spacial score (nSPS) is 18.5. The van der Waals surface area contributed by atoms with E-state index in [2.05, 4.69) is 16.2 Å². The van der Waals surface area contributed by atoms with E-state index in [4.69, 9.17) is 33.9 Å². The second-order valence-corrected chi connectivity index (χ2v) is 8.05. The number of benzene rings is 1. The molecule has 1 unspecified atom stereocenters. The summed E-state index contributed by atoms with van der Waals surface area (Å²) in [5.74, 6) is 0.718. The zero-order valence-corrected chi connectivity index (χ0v) is 16.3. The lowest BCUT2D eigenvalue weighted by Crippen LogP contribution is -2.34. The SMILES string of the molecule is CC1CCCN(Cc2c(-c3ccc(Cl)cc3Cl)nc3ccc(N)cn23)C1. The molecule has 4 rings (SSSR count). The van der Waals surface area contributed by atoms with Crippen LogP contribution in [0.5, 0.6) is 0 Å². The van der Waals surface area contributed by atoms with E-state index in [1.54, 1.807) is 6.07 Å². The third-order valence-corrected chi connectivity index (χ3v) is 5.59. The highest BCUT2D eigenvalue weighted by molar-refractivity contribution is 6.36. The van der Waals surface area contributed by atoms with E-state index in [-0.39, 0.29) is 0 Å². The number of hydrogen-bond donors (Lipinski definition) is 1. The summed E-state index contributed by atoms with van der Waals surface area (Å²) in [5.41, 5.74) is 10.6. The molecular weight excluding hydrogens is 367 g/mol. The maximum absolute atomic E-state index is 6.49. The molecule has 4 nitrogen and oxygen atoms in total. The van der Waals surface area contributed by atoms with Gasteiger partial charge >= 0.3 is 0 Å². The second-order valence-electron chi connectivity index (χ2n) is 7.20. The topological polar surface area (TPSA) is 46.6 Å². The van der Waals surface area contributed by atoms with Crippen molar-refractivity contribution in [3.63, 3.8) is 0 Å². The maximum atomic E-state index is 6.49. The fraction of sp³-hybridized carbons (Fsp3) is 0.350. The molecule has 2 aromatic heterocycles. The summed E-state index contributed by atoms with van der Waals surface area (Å²) >= 11 is 12.6. The molecule has 1 aliphatic heterocycles. The quantitative estimate of drug-likeness (QED) is 0.676. The minimum atomic E-state index is 0.613. The number of nitrogens with two attached hydrogens (primary N) is 1. The van der Waals surface area contributed by atoms with Crippen molar-refractivity contribution in [2.24, 2.45) is 5.92 Å². The molecule has 1 aromatic carbocycles. The number of anilines is 1. The number of nitrogens with zero attached hydrogens (tertiary/aromatic N) is 3. The molecule has 1 fully saturated rings. The Balaban J connectivity index is 1.83. The van der Waals surface area contributed by atoms with Crippen LogP contribution in [-0.2, 0) is 6.54 Å². The number of halogens is 2. The van der Waals surface area contributed by atoms with Gasteiger partial charge in [0, 0.05) is 35.6 Å². The van der Waals surface area contributed by atoms with Crippen molar-refractivity contribution >= 4 is 34.5 Å². The Morgan fingerprint density at radius 3 is 2.85 bits per heavy atom. The maximum Gasteiger partial charge on any atom is 0.137 e. The summed E-state index contributed by atoms with van der Waals surface area (Å²) in [6, 6.07) is 9.39. The minimum absolute atomic E-state index is 0.613. The second kappa shape index (κ2) is 7.10. The fourth-order valence-corrected chi connectivity index (χ4v) is 4.30. The van der Waals surface area contributed by atoms with Gasteiger partial charge in [0.15, 0.2) is 0 Å². The Labute approximate surface area is 163 Å². The van der Waals surface area contributed by atoms with Crippen LogP contribution in [0.25, 0.3) is 16.9 Å². The van der Waals surface area contributed by atoms with E-state index in [1.807, 2.05) is 30.5 Å². The standard InChI is InChI=1S/C20H22Cl2N4/c1-13-3-2-8-25(10-13)12-18-20(16-6-4-14(21)9-17(16)22)24-19-7-5-15(23)11-26(18)19/h4-7,9,11,13H,2-3,8,10,12,23H2,1H3. The van der Waals surface area contributed by atoms with Crippen molar-refractivity contribution in [3.05, 3.63) is 52.3 Å². The summed E-state index contributed by atoms with van der Waals surface area (Å²) < 4.78 is 2.09. The van der Waals surface area contributed by atoms with Crippen LogP contribution in [-0.4, -0.2) is 27.4 Å². The average Bonchev–Trinajstić information content (AvgIpc) is 2.93. The average molecular weight is 389 g/mol. The molecule has 0 radical (unpaired) electrons. The van der Waals surface area contributed by atoms with Crippen LogP contribution < -0.4 is 5.73 Å². The Kier molecular flexibility index (Phi) is 4.82. The number of likely N-dealkylation sites (tertiary alicyclic amines) is 1. The highest BCUT2D eigenvalue weighted by atomic mass is 35.5. The molecule has 2 N–H and O–H groups in total. The number of nitrogen functional groups attached to an aromatic ring is 1. The molecule has 0 spiro atoms. The largest absolute Gasteiger partial charge is 0.398 e. The number of fused-ring (bicyclic) bond motifs is 1. The Hall–Kier alpha value is -1.75. The zero-order valence-electron chi connectivity index (χ0n) is 14.8. The molecule has 0 bridgehead atoms. The van der Waals surface area contributed by atoms with Crippen LogP contribution in [0.2, 0.25) is 10.0 Å². The molecule has 26 heavy (non-hydrogen) atoms. The van der Waals surface area contributed by atoms with E-state index in [0.29, 0.717) is 10.0 Å². The fourth-order valence-electron chi connectivity index (χ4n) is 3.80. The number of imidazole rings is 1. The summed E-state index contributed by atoms with van der Waals surface area (Å²) in [7, 11) is 0. The van der Waals surface area contributed by atoms with Crippen LogP contribution in [0, 0.1) is 5.92 Å². The third-order valence-electron chi connectivity index (χ3n) is 5.04. The summed E-state index contributed by atoms with van der Waals surface area (Å²) in [6.45, 7) is 5.34. The molecule has 0 saturated carbocycles. The van der Waals surface area contributed by atoms with Gasteiger partial charge < -0.3 is 10.1 Å². The first-order valence-electron chi connectivity index (χ1n) is 8.95. The Morgan fingerprint density at radius 1 is 1.23 bits per heavy atom. The first-order chi connectivity index (χ1) is 12.5. The molecule has 0 amide bonds. The molecule has 1 atom stereocenters. The van der Waals surface area contributed by atoms with Gasteiger partial charge in [-0.15, -0.1) is 0 Å². The lowest BCUT2D eigenvalue weighted by Gasteiger charge is -2.30. The Morgan fingerprint density at radius 2 is 2.08 bits per heavy atom. The van der Waals surface area contributed by atoms with Gasteiger partial charge in [0.2, 0.25) is 0 Å². The number of rotatable bonds is 3.